The third kappa shape index (κ3) is 3.86. The highest BCUT2D eigenvalue weighted by Gasteiger charge is 2.57. The maximum absolute atomic E-state index is 13.3. The number of fused-ring (bicyclic) bond motifs is 3. The van der Waals surface area contributed by atoms with E-state index in [2.05, 4.69) is 15.4 Å². The lowest BCUT2D eigenvalue weighted by molar-refractivity contribution is -0.139. The predicted octanol–water partition coefficient (Wildman–Crippen LogP) is 2.81. The molecule has 1 fully saturated rings. The molecule has 3 amide bonds. The van der Waals surface area contributed by atoms with E-state index in [0.717, 1.165) is 4.90 Å². The van der Waals surface area contributed by atoms with E-state index in [-0.39, 0.29) is 24.8 Å². The molecule has 0 saturated carbocycles. The Bertz CT molecular complexity index is 1090. The summed E-state index contributed by atoms with van der Waals surface area (Å²) in [4.78, 5) is 50.3. The normalized spacial score (nSPS) is 18.9. The Morgan fingerprint density at radius 2 is 1.94 bits per heavy atom. The first-order chi connectivity index (χ1) is 14.8. The van der Waals surface area contributed by atoms with Crippen LogP contribution in [0.5, 0.6) is 0 Å². The lowest BCUT2D eigenvalue weighted by Gasteiger charge is -2.29. The van der Waals surface area contributed by atoms with E-state index >= 15 is 0 Å². The fourth-order valence-electron chi connectivity index (χ4n) is 3.58. The van der Waals surface area contributed by atoms with Gasteiger partial charge < -0.3 is 15.4 Å². The van der Waals surface area contributed by atoms with E-state index in [1.54, 1.807) is 24.3 Å². The highest BCUT2D eigenvalue weighted by molar-refractivity contribution is 8.02. The topological polar surface area (TPSA) is 105 Å². The summed E-state index contributed by atoms with van der Waals surface area (Å²) < 4.78 is 4.48. The van der Waals surface area contributed by atoms with Gasteiger partial charge in [-0.2, -0.15) is 0 Å². The van der Waals surface area contributed by atoms with Crippen molar-refractivity contribution in [2.45, 2.75) is 22.6 Å². The molecule has 0 aliphatic carbocycles. The number of nitrogens with zero attached hydrogens (tertiary/aromatic N) is 1. The number of benzene rings is 2. The number of rotatable bonds is 5. The molecule has 4 rings (SSSR count). The number of nitrogens with one attached hydrogen (secondary N) is 2. The molecular formula is C21H18ClN3O5S. The van der Waals surface area contributed by atoms with Crippen molar-refractivity contribution in [1.82, 2.24) is 5.32 Å². The van der Waals surface area contributed by atoms with Gasteiger partial charge in [0.25, 0.3) is 11.8 Å². The smallest absolute Gasteiger partial charge is 0.325 e. The second kappa shape index (κ2) is 8.24. The Morgan fingerprint density at radius 1 is 1.19 bits per heavy atom. The van der Waals surface area contributed by atoms with Crippen LogP contribution in [0.1, 0.15) is 23.2 Å². The van der Waals surface area contributed by atoms with Crippen LogP contribution in [0.3, 0.4) is 0 Å². The zero-order chi connectivity index (χ0) is 22.2. The molecule has 0 aromatic heterocycles. The molecule has 1 atom stereocenters. The number of halogens is 1. The van der Waals surface area contributed by atoms with Crippen molar-refractivity contribution in [2.24, 2.45) is 0 Å². The molecule has 2 N–H and O–H groups in total. The van der Waals surface area contributed by atoms with Gasteiger partial charge in [-0.25, -0.2) is 0 Å². The second-order valence-corrected chi connectivity index (χ2v) is 8.77. The first kappa shape index (κ1) is 21.2. The fourth-order valence-corrected chi connectivity index (χ4v) is 5.14. The SMILES string of the molecule is COC(=O)CNC(=O)c1ccc(NC(=O)C23CCC(=O)N2c2cc(Cl)ccc2S3)cc1. The van der Waals surface area contributed by atoms with E-state index in [4.69, 9.17) is 11.6 Å². The Labute approximate surface area is 187 Å². The quantitative estimate of drug-likeness (QED) is 0.666. The number of methoxy groups -OCH3 is 1. The number of ether oxygens (including phenoxy) is 1. The molecule has 0 bridgehead atoms. The maximum Gasteiger partial charge on any atom is 0.325 e. The van der Waals surface area contributed by atoms with Crippen molar-refractivity contribution < 1.29 is 23.9 Å². The van der Waals surface area contributed by atoms with Gasteiger partial charge in [-0.15, -0.1) is 0 Å². The Hall–Kier alpha value is -3.04. The molecule has 1 unspecified atom stereocenters. The van der Waals surface area contributed by atoms with Crippen LogP contribution in [0.2, 0.25) is 5.02 Å². The van der Waals surface area contributed by atoms with Gasteiger partial charge in [0.15, 0.2) is 4.87 Å². The zero-order valence-corrected chi connectivity index (χ0v) is 18.0. The average molecular weight is 460 g/mol. The first-order valence-corrected chi connectivity index (χ1v) is 10.6. The van der Waals surface area contributed by atoms with Crippen molar-refractivity contribution in [1.29, 1.82) is 0 Å². The van der Waals surface area contributed by atoms with Gasteiger partial charge in [-0.05, 0) is 48.9 Å². The molecule has 2 heterocycles. The van der Waals surface area contributed by atoms with Crippen LogP contribution < -0.4 is 15.5 Å². The van der Waals surface area contributed by atoms with Gasteiger partial charge in [-0.3, -0.25) is 24.1 Å². The molecule has 2 aliphatic rings. The molecule has 2 aromatic rings. The average Bonchev–Trinajstić information content (AvgIpc) is 3.27. The van der Waals surface area contributed by atoms with Crippen molar-refractivity contribution in [2.75, 3.05) is 23.9 Å². The Morgan fingerprint density at radius 3 is 2.65 bits per heavy atom. The largest absolute Gasteiger partial charge is 0.468 e. The molecule has 31 heavy (non-hydrogen) atoms. The minimum atomic E-state index is -1.07. The van der Waals surface area contributed by atoms with Crippen LogP contribution in [0.15, 0.2) is 47.4 Å². The van der Waals surface area contributed by atoms with Gasteiger partial charge >= 0.3 is 5.97 Å². The number of esters is 1. The van der Waals surface area contributed by atoms with Crippen LogP contribution in [0.25, 0.3) is 0 Å². The van der Waals surface area contributed by atoms with Gasteiger partial charge in [0.05, 0.1) is 12.8 Å². The summed E-state index contributed by atoms with van der Waals surface area (Å²) in [5.74, 6) is -1.43. The standard InChI is InChI=1S/C21H18ClN3O5S/c1-30-18(27)11-23-19(28)12-2-5-14(6-3-12)24-20(29)21-9-8-17(26)25(21)15-10-13(22)4-7-16(15)31-21/h2-7,10H,8-9,11H2,1H3,(H,23,28)(H,24,29). The highest BCUT2D eigenvalue weighted by Crippen LogP contribution is 2.56. The molecular weight excluding hydrogens is 442 g/mol. The second-order valence-electron chi connectivity index (χ2n) is 7.02. The minimum Gasteiger partial charge on any atom is -0.468 e. The lowest BCUT2D eigenvalue weighted by Crippen LogP contribution is -2.49. The number of amides is 3. The lowest BCUT2D eigenvalue weighted by atomic mass is 10.1. The monoisotopic (exact) mass is 459 g/mol. The van der Waals surface area contributed by atoms with Crippen molar-refractivity contribution >= 4 is 58.4 Å². The van der Waals surface area contributed by atoms with Crippen LogP contribution >= 0.6 is 23.4 Å². The summed E-state index contributed by atoms with van der Waals surface area (Å²) >= 11 is 7.44. The summed E-state index contributed by atoms with van der Waals surface area (Å²) in [5, 5.41) is 5.79. The number of anilines is 2. The van der Waals surface area contributed by atoms with Crippen LogP contribution in [0.4, 0.5) is 11.4 Å². The Kier molecular flexibility index (Phi) is 5.63. The molecule has 0 spiro atoms. The Balaban J connectivity index is 1.49. The summed E-state index contributed by atoms with van der Waals surface area (Å²) in [5.41, 5.74) is 1.46. The minimum absolute atomic E-state index is 0.124. The number of carbonyl (C=O) groups excluding carboxylic acids is 4. The number of thioether (sulfide) groups is 1. The van der Waals surface area contributed by atoms with Crippen molar-refractivity contribution in [3.05, 3.63) is 53.1 Å². The number of hydrogen-bond donors (Lipinski definition) is 2. The molecule has 8 nitrogen and oxygen atoms in total. The maximum atomic E-state index is 13.3. The third-order valence-corrected chi connectivity index (χ3v) is 6.82. The van der Waals surface area contributed by atoms with Crippen molar-refractivity contribution in [3.63, 3.8) is 0 Å². The summed E-state index contributed by atoms with van der Waals surface area (Å²) in [6, 6.07) is 11.5. The zero-order valence-electron chi connectivity index (χ0n) is 16.4. The van der Waals surface area contributed by atoms with Crippen LogP contribution in [0, 0.1) is 0 Å². The number of carbonyl (C=O) groups is 4. The van der Waals surface area contributed by atoms with E-state index in [1.165, 1.54) is 35.9 Å². The summed E-state index contributed by atoms with van der Waals surface area (Å²) in [6.07, 6.45) is 0.647. The van der Waals surface area contributed by atoms with E-state index in [1.807, 2.05) is 6.07 Å². The van der Waals surface area contributed by atoms with Crippen LogP contribution in [-0.2, 0) is 19.1 Å². The molecule has 1 saturated heterocycles. The summed E-state index contributed by atoms with van der Waals surface area (Å²) in [6.45, 7) is -0.234. The molecule has 10 heteroatoms. The van der Waals surface area contributed by atoms with E-state index in [9.17, 15) is 19.2 Å². The third-order valence-electron chi connectivity index (χ3n) is 5.11. The van der Waals surface area contributed by atoms with Crippen LogP contribution in [-0.4, -0.2) is 42.2 Å². The van der Waals surface area contributed by atoms with Crippen molar-refractivity contribution in [3.8, 4) is 0 Å². The van der Waals surface area contributed by atoms with E-state index in [0.29, 0.717) is 28.4 Å². The fraction of sp³-hybridized carbons (Fsp3) is 0.238. The van der Waals surface area contributed by atoms with Gasteiger partial charge in [-0.1, -0.05) is 23.4 Å². The number of hydrogen-bond acceptors (Lipinski definition) is 6. The van der Waals surface area contributed by atoms with Gasteiger partial charge in [0.1, 0.15) is 6.54 Å². The molecule has 2 aliphatic heterocycles. The highest BCUT2D eigenvalue weighted by atomic mass is 35.5. The van der Waals surface area contributed by atoms with E-state index < -0.39 is 16.7 Å². The molecule has 2 aromatic carbocycles. The summed E-state index contributed by atoms with van der Waals surface area (Å²) in [7, 11) is 1.24. The molecule has 160 valence electrons. The predicted molar refractivity (Wildman–Crippen MR) is 116 cm³/mol. The molecule has 0 radical (unpaired) electrons. The van der Waals surface area contributed by atoms with Gasteiger partial charge in [0, 0.05) is 27.6 Å². The van der Waals surface area contributed by atoms with Gasteiger partial charge in [0.2, 0.25) is 5.91 Å². The first-order valence-electron chi connectivity index (χ1n) is 9.42.